The highest BCUT2D eigenvalue weighted by Crippen LogP contribution is 2.37. The lowest BCUT2D eigenvalue weighted by Crippen LogP contribution is -2.38. The SMILES string of the molecule is COc1cc(C(=O)Nc2ccc(N3CCC(C(N)=O)CC3)cc2)cc(Cl)c1OCCC(C)C. The molecule has 1 saturated heterocycles. The number of benzene rings is 2. The van der Waals surface area contributed by atoms with Gasteiger partial charge in [0.1, 0.15) is 0 Å². The Morgan fingerprint density at radius 1 is 1.18 bits per heavy atom. The number of hydrogen-bond acceptors (Lipinski definition) is 5. The molecule has 0 bridgehead atoms. The van der Waals surface area contributed by atoms with Crippen LogP contribution in [-0.4, -0.2) is 38.6 Å². The molecule has 0 saturated carbocycles. The summed E-state index contributed by atoms with van der Waals surface area (Å²) in [5.41, 5.74) is 7.51. The molecule has 3 N–H and O–H groups in total. The van der Waals surface area contributed by atoms with Crippen LogP contribution >= 0.6 is 11.6 Å². The molecule has 0 aromatic heterocycles. The maximum Gasteiger partial charge on any atom is 0.255 e. The second-order valence-electron chi connectivity index (χ2n) is 8.69. The summed E-state index contributed by atoms with van der Waals surface area (Å²) in [5, 5.41) is 3.22. The molecule has 0 aliphatic carbocycles. The van der Waals surface area contributed by atoms with Crippen LogP contribution in [0.4, 0.5) is 11.4 Å². The number of piperidine rings is 1. The highest BCUT2D eigenvalue weighted by Gasteiger charge is 2.23. The molecular weight excluding hydrogens is 442 g/mol. The van der Waals surface area contributed by atoms with Crippen LogP contribution in [0.15, 0.2) is 36.4 Å². The Morgan fingerprint density at radius 3 is 2.42 bits per heavy atom. The number of nitrogens with two attached hydrogens (primary N) is 1. The van der Waals surface area contributed by atoms with E-state index in [4.69, 9.17) is 26.8 Å². The first kappa shape index (κ1) is 24.7. The zero-order valence-electron chi connectivity index (χ0n) is 19.4. The van der Waals surface area contributed by atoms with Crippen LogP contribution in [-0.2, 0) is 4.79 Å². The number of carbonyl (C=O) groups is 2. The van der Waals surface area contributed by atoms with Gasteiger partial charge in [0.05, 0.1) is 18.7 Å². The van der Waals surface area contributed by atoms with Gasteiger partial charge < -0.3 is 25.4 Å². The number of hydrogen-bond donors (Lipinski definition) is 2. The molecule has 0 spiro atoms. The maximum absolute atomic E-state index is 12.8. The molecule has 8 heteroatoms. The van der Waals surface area contributed by atoms with Gasteiger partial charge in [-0.3, -0.25) is 9.59 Å². The average Bonchev–Trinajstić information content (AvgIpc) is 2.80. The molecule has 2 aromatic carbocycles. The molecule has 2 aromatic rings. The standard InChI is InChI=1S/C25H32ClN3O4/c1-16(2)10-13-33-23-21(26)14-18(15-22(23)32-3)25(31)28-19-4-6-20(7-5-19)29-11-8-17(9-12-29)24(27)30/h4-7,14-17H,8-13H2,1-3H3,(H2,27,30)(H,28,31). The molecule has 7 nitrogen and oxygen atoms in total. The van der Waals surface area contributed by atoms with E-state index in [-0.39, 0.29) is 17.7 Å². The van der Waals surface area contributed by atoms with Gasteiger partial charge in [-0.2, -0.15) is 0 Å². The summed E-state index contributed by atoms with van der Waals surface area (Å²) in [4.78, 5) is 26.4. The van der Waals surface area contributed by atoms with E-state index in [2.05, 4.69) is 24.1 Å². The van der Waals surface area contributed by atoms with Crippen LogP contribution in [0.5, 0.6) is 11.5 Å². The Hall–Kier alpha value is -2.93. The molecule has 1 aliphatic heterocycles. The molecule has 0 radical (unpaired) electrons. The second-order valence-corrected chi connectivity index (χ2v) is 9.09. The first-order valence-corrected chi connectivity index (χ1v) is 11.6. The van der Waals surface area contributed by atoms with E-state index in [0.29, 0.717) is 40.3 Å². The normalized spacial score (nSPS) is 14.3. The van der Waals surface area contributed by atoms with E-state index in [9.17, 15) is 9.59 Å². The van der Waals surface area contributed by atoms with E-state index in [0.717, 1.165) is 38.0 Å². The number of primary amides is 1. The predicted molar refractivity (Wildman–Crippen MR) is 131 cm³/mol. The second kappa shape index (κ2) is 11.3. The lowest BCUT2D eigenvalue weighted by molar-refractivity contribution is -0.122. The smallest absolute Gasteiger partial charge is 0.255 e. The minimum absolute atomic E-state index is 0.0457. The number of amides is 2. The van der Waals surface area contributed by atoms with E-state index in [1.165, 1.54) is 7.11 Å². The third kappa shape index (κ3) is 6.54. The Balaban J connectivity index is 1.64. The number of nitrogens with zero attached hydrogens (tertiary/aromatic N) is 1. The zero-order chi connectivity index (χ0) is 24.0. The van der Waals surface area contributed by atoms with Gasteiger partial charge in [0, 0.05) is 35.9 Å². The Labute approximate surface area is 200 Å². The van der Waals surface area contributed by atoms with Gasteiger partial charge in [-0.1, -0.05) is 25.4 Å². The van der Waals surface area contributed by atoms with Crippen molar-refractivity contribution in [2.45, 2.75) is 33.1 Å². The third-order valence-corrected chi connectivity index (χ3v) is 6.10. The van der Waals surface area contributed by atoms with Crippen molar-refractivity contribution >= 4 is 34.8 Å². The van der Waals surface area contributed by atoms with Gasteiger partial charge in [-0.25, -0.2) is 0 Å². The van der Waals surface area contributed by atoms with Crippen molar-refractivity contribution in [3.63, 3.8) is 0 Å². The summed E-state index contributed by atoms with van der Waals surface area (Å²) < 4.78 is 11.2. The summed E-state index contributed by atoms with van der Waals surface area (Å²) in [7, 11) is 1.52. The highest BCUT2D eigenvalue weighted by molar-refractivity contribution is 6.32. The average molecular weight is 474 g/mol. The summed E-state index contributed by atoms with van der Waals surface area (Å²) >= 11 is 6.39. The largest absolute Gasteiger partial charge is 0.493 e. The Bertz CT molecular complexity index is 970. The van der Waals surface area contributed by atoms with Crippen molar-refractivity contribution in [1.82, 2.24) is 0 Å². The molecule has 1 fully saturated rings. The van der Waals surface area contributed by atoms with Crippen LogP contribution in [0, 0.1) is 11.8 Å². The van der Waals surface area contributed by atoms with Gasteiger partial charge in [0.2, 0.25) is 5.91 Å². The monoisotopic (exact) mass is 473 g/mol. The molecule has 1 aliphatic rings. The molecule has 178 valence electrons. The van der Waals surface area contributed by atoms with Crippen molar-refractivity contribution in [3.05, 3.63) is 47.0 Å². The molecule has 2 amide bonds. The number of rotatable bonds is 9. The lowest BCUT2D eigenvalue weighted by atomic mass is 9.96. The van der Waals surface area contributed by atoms with Gasteiger partial charge in [0.25, 0.3) is 5.91 Å². The summed E-state index contributed by atoms with van der Waals surface area (Å²) in [5.74, 6) is 0.814. The summed E-state index contributed by atoms with van der Waals surface area (Å²) in [6.45, 7) is 6.32. The molecule has 1 heterocycles. The topological polar surface area (TPSA) is 93.9 Å². The Morgan fingerprint density at radius 2 is 1.85 bits per heavy atom. The number of anilines is 2. The van der Waals surface area contributed by atoms with E-state index in [1.807, 2.05) is 24.3 Å². The zero-order valence-corrected chi connectivity index (χ0v) is 20.2. The molecule has 33 heavy (non-hydrogen) atoms. The van der Waals surface area contributed by atoms with Crippen molar-refractivity contribution < 1.29 is 19.1 Å². The van der Waals surface area contributed by atoms with Crippen LogP contribution in [0.2, 0.25) is 5.02 Å². The number of carbonyl (C=O) groups excluding carboxylic acids is 2. The Kier molecular flexibility index (Phi) is 8.44. The van der Waals surface area contributed by atoms with Gasteiger partial charge in [-0.05, 0) is 61.6 Å². The fraction of sp³-hybridized carbons (Fsp3) is 0.440. The van der Waals surface area contributed by atoms with E-state index >= 15 is 0 Å². The fourth-order valence-corrected chi connectivity index (χ4v) is 4.03. The summed E-state index contributed by atoms with van der Waals surface area (Å²) in [6, 6.07) is 10.8. The van der Waals surface area contributed by atoms with Crippen LogP contribution in [0.1, 0.15) is 43.5 Å². The molecule has 3 rings (SSSR count). The minimum atomic E-state index is -0.293. The van der Waals surface area contributed by atoms with Gasteiger partial charge in [0.15, 0.2) is 11.5 Å². The van der Waals surface area contributed by atoms with Crippen molar-refractivity contribution in [3.8, 4) is 11.5 Å². The number of nitrogens with one attached hydrogen (secondary N) is 1. The molecule has 0 unspecified atom stereocenters. The van der Waals surface area contributed by atoms with Crippen LogP contribution < -0.4 is 25.4 Å². The molecular formula is C25H32ClN3O4. The fourth-order valence-electron chi connectivity index (χ4n) is 3.77. The highest BCUT2D eigenvalue weighted by atomic mass is 35.5. The first-order valence-electron chi connectivity index (χ1n) is 11.2. The van der Waals surface area contributed by atoms with Crippen molar-refractivity contribution in [2.75, 3.05) is 37.0 Å². The van der Waals surface area contributed by atoms with Crippen molar-refractivity contribution in [1.29, 1.82) is 0 Å². The quantitative estimate of drug-likeness (QED) is 0.549. The van der Waals surface area contributed by atoms with E-state index < -0.39 is 0 Å². The molecule has 0 atom stereocenters. The lowest BCUT2D eigenvalue weighted by Gasteiger charge is -2.32. The number of methoxy groups -OCH3 is 1. The first-order chi connectivity index (χ1) is 15.8. The van der Waals surface area contributed by atoms with Crippen LogP contribution in [0.3, 0.4) is 0 Å². The van der Waals surface area contributed by atoms with Crippen molar-refractivity contribution in [2.24, 2.45) is 17.6 Å². The number of halogens is 1. The predicted octanol–water partition coefficient (Wildman–Crippen LogP) is 4.73. The van der Waals surface area contributed by atoms with Gasteiger partial charge >= 0.3 is 0 Å². The maximum atomic E-state index is 12.8. The number of ether oxygens (including phenoxy) is 2. The minimum Gasteiger partial charge on any atom is -0.493 e. The van der Waals surface area contributed by atoms with Gasteiger partial charge in [-0.15, -0.1) is 0 Å². The van der Waals surface area contributed by atoms with Crippen LogP contribution in [0.25, 0.3) is 0 Å². The summed E-state index contributed by atoms with van der Waals surface area (Å²) in [6.07, 6.45) is 2.40. The van der Waals surface area contributed by atoms with E-state index in [1.54, 1.807) is 12.1 Å². The third-order valence-electron chi connectivity index (χ3n) is 5.82.